The van der Waals surface area contributed by atoms with Crippen molar-refractivity contribution in [2.24, 2.45) is 0 Å². The molecule has 0 fully saturated rings. The van der Waals surface area contributed by atoms with Crippen molar-refractivity contribution in [2.45, 2.75) is 12.3 Å². The number of fused-ring (bicyclic) bond motifs is 1. The first-order valence-corrected chi connectivity index (χ1v) is 7.48. The van der Waals surface area contributed by atoms with Gasteiger partial charge in [-0.1, -0.05) is 66.2 Å². The quantitative estimate of drug-likeness (QED) is 0.744. The van der Waals surface area contributed by atoms with E-state index >= 15 is 0 Å². The second-order valence-electron chi connectivity index (χ2n) is 5.28. The van der Waals surface area contributed by atoms with Crippen LogP contribution in [0.2, 0.25) is 5.02 Å². The van der Waals surface area contributed by atoms with Gasteiger partial charge < -0.3 is 5.11 Å². The van der Waals surface area contributed by atoms with Gasteiger partial charge in [-0.15, -0.1) is 0 Å². The van der Waals surface area contributed by atoms with Crippen molar-refractivity contribution in [1.29, 1.82) is 0 Å². The van der Waals surface area contributed by atoms with Crippen LogP contribution in [0.5, 0.6) is 0 Å². The average molecular weight is 311 g/mol. The van der Waals surface area contributed by atoms with Gasteiger partial charge in [-0.25, -0.2) is 0 Å². The first-order valence-electron chi connectivity index (χ1n) is 7.10. The lowest BCUT2D eigenvalue weighted by Gasteiger charge is -2.14. The Bertz CT molecular complexity index is 804. The van der Waals surface area contributed by atoms with Crippen LogP contribution in [-0.4, -0.2) is 11.1 Å². The third-order valence-electron chi connectivity index (χ3n) is 3.87. The summed E-state index contributed by atoms with van der Waals surface area (Å²) in [5, 5.41) is 12.4. The van der Waals surface area contributed by atoms with Crippen LogP contribution in [0.4, 0.5) is 0 Å². The van der Waals surface area contributed by atoms with Crippen LogP contribution in [0.1, 0.15) is 17.0 Å². The smallest absolute Gasteiger partial charge is 0.311 e. The van der Waals surface area contributed by atoms with Gasteiger partial charge in [0.25, 0.3) is 0 Å². The van der Waals surface area contributed by atoms with Crippen LogP contribution in [0.15, 0.2) is 66.7 Å². The van der Waals surface area contributed by atoms with Gasteiger partial charge in [0.05, 0.1) is 5.92 Å². The number of hydrogen-bond acceptors (Lipinski definition) is 1. The molecule has 0 aromatic heterocycles. The zero-order valence-corrected chi connectivity index (χ0v) is 12.6. The van der Waals surface area contributed by atoms with Crippen LogP contribution in [0.3, 0.4) is 0 Å². The van der Waals surface area contributed by atoms with E-state index in [4.69, 9.17) is 11.6 Å². The van der Waals surface area contributed by atoms with E-state index in [1.807, 2.05) is 42.5 Å². The zero-order chi connectivity index (χ0) is 15.5. The van der Waals surface area contributed by atoms with Crippen molar-refractivity contribution in [3.8, 4) is 0 Å². The monoisotopic (exact) mass is 310 g/mol. The van der Waals surface area contributed by atoms with E-state index in [-0.39, 0.29) is 0 Å². The maximum absolute atomic E-state index is 11.7. The molecular weight excluding hydrogens is 296 g/mol. The van der Waals surface area contributed by atoms with Gasteiger partial charge >= 0.3 is 5.97 Å². The van der Waals surface area contributed by atoms with Crippen LogP contribution in [0, 0.1) is 0 Å². The van der Waals surface area contributed by atoms with Gasteiger partial charge in [0.1, 0.15) is 0 Å². The molecule has 3 aromatic rings. The van der Waals surface area contributed by atoms with Crippen LogP contribution < -0.4 is 0 Å². The third-order valence-corrected chi connectivity index (χ3v) is 4.13. The molecule has 2 nitrogen and oxygen atoms in total. The summed E-state index contributed by atoms with van der Waals surface area (Å²) < 4.78 is 0. The van der Waals surface area contributed by atoms with Gasteiger partial charge in [0, 0.05) is 5.02 Å². The Morgan fingerprint density at radius 1 is 0.955 bits per heavy atom. The molecule has 3 aromatic carbocycles. The standard InChI is InChI=1S/C19H15ClO2/c20-16-10-8-14(9-11-16)18(19(21)22)12-15-6-3-5-13-4-1-2-7-17(13)15/h1-11,18H,12H2,(H,21,22). The Morgan fingerprint density at radius 2 is 1.64 bits per heavy atom. The fourth-order valence-corrected chi connectivity index (χ4v) is 2.86. The molecule has 22 heavy (non-hydrogen) atoms. The second kappa shape index (κ2) is 6.20. The van der Waals surface area contributed by atoms with Crippen molar-refractivity contribution >= 4 is 28.3 Å². The highest BCUT2D eigenvalue weighted by atomic mass is 35.5. The molecule has 0 aliphatic heterocycles. The number of aliphatic carboxylic acids is 1. The number of carbonyl (C=O) groups is 1. The molecule has 1 unspecified atom stereocenters. The maximum atomic E-state index is 11.7. The average Bonchev–Trinajstić information content (AvgIpc) is 2.53. The predicted octanol–water partition coefficient (Wildman–Crippen LogP) is 4.90. The first-order chi connectivity index (χ1) is 10.6. The van der Waals surface area contributed by atoms with Crippen LogP contribution >= 0.6 is 11.6 Å². The summed E-state index contributed by atoms with van der Waals surface area (Å²) in [6.07, 6.45) is 0.457. The minimum absolute atomic E-state index is 0.457. The highest BCUT2D eigenvalue weighted by Gasteiger charge is 2.21. The van der Waals surface area contributed by atoms with Gasteiger partial charge in [-0.2, -0.15) is 0 Å². The molecule has 0 saturated heterocycles. The number of halogens is 1. The number of carboxylic acid groups (broad SMARTS) is 1. The molecule has 0 heterocycles. The summed E-state index contributed by atoms with van der Waals surface area (Å²) in [6, 6.07) is 21.1. The van der Waals surface area contributed by atoms with Gasteiger partial charge in [0.15, 0.2) is 0 Å². The summed E-state index contributed by atoms with van der Waals surface area (Å²) in [7, 11) is 0. The lowest BCUT2D eigenvalue weighted by Crippen LogP contribution is -2.14. The number of benzene rings is 3. The van der Waals surface area contributed by atoms with Crippen molar-refractivity contribution in [2.75, 3.05) is 0 Å². The zero-order valence-electron chi connectivity index (χ0n) is 11.9. The van der Waals surface area contributed by atoms with Gasteiger partial charge in [0.2, 0.25) is 0 Å². The lowest BCUT2D eigenvalue weighted by molar-refractivity contribution is -0.138. The summed E-state index contributed by atoms with van der Waals surface area (Å²) >= 11 is 5.89. The highest BCUT2D eigenvalue weighted by Crippen LogP contribution is 2.27. The largest absolute Gasteiger partial charge is 0.481 e. The summed E-state index contributed by atoms with van der Waals surface area (Å²) in [5.41, 5.74) is 1.81. The van der Waals surface area contributed by atoms with E-state index in [1.54, 1.807) is 24.3 Å². The SMILES string of the molecule is O=C(O)C(Cc1cccc2ccccc12)c1ccc(Cl)cc1. The third kappa shape index (κ3) is 2.97. The van der Waals surface area contributed by atoms with E-state index in [2.05, 4.69) is 0 Å². The minimum atomic E-state index is -0.824. The molecule has 0 aliphatic rings. The molecule has 1 atom stereocenters. The predicted molar refractivity (Wildman–Crippen MR) is 89.5 cm³/mol. The molecule has 1 N–H and O–H groups in total. The van der Waals surface area contributed by atoms with Gasteiger partial charge in [-0.05, 0) is 40.5 Å². The fraction of sp³-hybridized carbons (Fsp3) is 0.105. The van der Waals surface area contributed by atoms with Gasteiger partial charge in [-0.3, -0.25) is 4.79 Å². The van der Waals surface area contributed by atoms with Crippen LogP contribution in [0.25, 0.3) is 10.8 Å². The molecular formula is C19H15ClO2. The maximum Gasteiger partial charge on any atom is 0.311 e. The van der Waals surface area contributed by atoms with E-state index in [9.17, 15) is 9.90 Å². The number of hydrogen-bond donors (Lipinski definition) is 1. The van der Waals surface area contributed by atoms with E-state index in [1.165, 1.54) is 0 Å². The van der Waals surface area contributed by atoms with E-state index in [0.717, 1.165) is 21.9 Å². The summed E-state index contributed by atoms with van der Waals surface area (Å²) in [6.45, 7) is 0. The molecule has 0 aliphatic carbocycles. The Kier molecular flexibility index (Phi) is 4.12. The van der Waals surface area contributed by atoms with Crippen molar-refractivity contribution in [3.05, 3.63) is 82.9 Å². The molecule has 110 valence electrons. The summed E-state index contributed by atoms with van der Waals surface area (Å²) in [5.74, 6) is -1.40. The van der Waals surface area contributed by atoms with Crippen molar-refractivity contribution in [1.82, 2.24) is 0 Å². The van der Waals surface area contributed by atoms with Crippen LogP contribution in [-0.2, 0) is 11.2 Å². The molecule has 0 amide bonds. The Morgan fingerprint density at radius 3 is 2.36 bits per heavy atom. The Labute approximate surface area is 134 Å². The molecule has 0 spiro atoms. The molecule has 0 saturated carbocycles. The first kappa shape index (κ1) is 14.6. The Balaban J connectivity index is 2.00. The number of rotatable bonds is 4. The molecule has 3 heteroatoms. The molecule has 0 bridgehead atoms. The van der Waals surface area contributed by atoms with E-state index in [0.29, 0.717) is 11.4 Å². The van der Waals surface area contributed by atoms with Crippen molar-refractivity contribution in [3.63, 3.8) is 0 Å². The highest BCUT2D eigenvalue weighted by molar-refractivity contribution is 6.30. The fourth-order valence-electron chi connectivity index (χ4n) is 2.73. The lowest BCUT2D eigenvalue weighted by atomic mass is 9.90. The molecule has 0 radical (unpaired) electrons. The topological polar surface area (TPSA) is 37.3 Å². The number of carboxylic acids is 1. The van der Waals surface area contributed by atoms with Crippen molar-refractivity contribution < 1.29 is 9.90 Å². The normalized spacial score (nSPS) is 12.2. The van der Waals surface area contributed by atoms with E-state index < -0.39 is 11.9 Å². The minimum Gasteiger partial charge on any atom is -0.481 e. The second-order valence-corrected chi connectivity index (χ2v) is 5.72. The summed E-state index contributed by atoms with van der Waals surface area (Å²) in [4.78, 5) is 11.7. The molecule has 3 rings (SSSR count). The Hall–Kier alpha value is -2.32.